The first-order valence-corrected chi connectivity index (χ1v) is 9.54. The van der Waals surface area contributed by atoms with Crippen molar-refractivity contribution < 1.29 is 9.59 Å². The molecule has 2 aromatic rings. The first-order chi connectivity index (χ1) is 13.1. The molecule has 1 aliphatic heterocycles. The largest absolute Gasteiger partial charge is 0.352 e. The van der Waals surface area contributed by atoms with Gasteiger partial charge in [-0.15, -0.1) is 0 Å². The molecule has 0 aliphatic carbocycles. The summed E-state index contributed by atoms with van der Waals surface area (Å²) < 4.78 is 0. The maximum atomic E-state index is 12.6. The molecule has 0 bridgehead atoms. The Kier molecular flexibility index (Phi) is 6.60. The van der Waals surface area contributed by atoms with Crippen molar-refractivity contribution in [1.82, 2.24) is 10.2 Å². The number of amides is 2. The molecule has 2 amide bonds. The molecule has 0 aromatic heterocycles. The third kappa shape index (κ3) is 5.41. The van der Waals surface area contributed by atoms with E-state index < -0.39 is 0 Å². The SMILES string of the molecule is CN1CCC[C@H](C(=O)Nc2ccccc2C(=O)NCCc2ccccc2)C1. The Hall–Kier alpha value is -2.66. The van der Waals surface area contributed by atoms with E-state index in [1.165, 1.54) is 5.56 Å². The smallest absolute Gasteiger partial charge is 0.253 e. The molecule has 1 aliphatic rings. The fourth-order valence-corrected chi connectivity index (χ4v) is 3.47. The maximum absolute atomic E-state index is 12.6. The molecule has 1 fully saturated rings. The van der Waals surface area contributed by atoms with Crippen LogP contribution in [0.5, 0.6) is 0 Å². The average Bonchev–Trinajstić information content (AvgIpc) is 2.69. The highest BCUT2D eigenvalue weighted by molar-refractivity contribution is 6.04. The summed E-state index contributed by atoms with van der Waals surface area (Å²) in [5.74, 6) is -0.202. The fraction of sp³-hybridized carbons (Fsp3) is 0.364. The summed E-state index contributed by atoms with van der Waals surface area (Å²) in [4.78, 5) is 27.4. The quantitative estimate of drug-likeness (QED) is 0.827. The highest BCUT2D eigenvalue weighted by Crippen LogP contribution is 2.20. The highest BCUT2D eigenvalue weighted by Gasteiger charge is 2.25. The van der Waals surface area contributed by atoms with Crippen LogP contribution in [0, 0.1) is 5.92 Å². The third-order valence-corrected chi connectivity index (χ3v) is 4.97. The topological polar surface area (TPSA) is 61.4 Å². The number of piperidine rings is 1. The number of likely N-dealkylation sites (tertiary alicyclic amines) is 1. The summed E-state index contributed by atoms with van der Waals surface area (Å²) in [5, 5.41) is 5.91. The third-order valence-electron chi connectivity index (χ3n) is 4.97. The first kappa shape index (κ1) is 19.1. The second-order valence-electron chi connectivity index (χ2n) is 7.13. The molecule has 1 saturated heterocycles. The Morgan fingerprint density at radius 3 is 2.59 bits per heavy atom. The lowest BCUT2D eigenvalue weighted by Crippen LogP contribution is -2.38. The lowest BCUT2D eigenvalue weighted by atomic mass is 9.97. The molecule has 0 unspecified atom stereocenters. The van der Waals surface area contributed by atoms with Gasteiger partial charge in [0.15, 0.2) is 0 Å². The van der Waals surface area contributed by atoms with Gasteiger partial charge >= 0.3 is 0 Å². The predicted molar refractivity (Wildman–Crippen MR) is 108 cm³/mol. The van der Waals surface area contributed by atoms with E-state index in [2.05, 4.69) is 15.5 Å². The zero-order valence-corrected chi connectivity index (χ0v) is 15.8. The van der Waals surface area contributed by atoms with Gasteiger partial charge in [-0.3, -0.25) is 9.59 Å². The molecule has 3 rings (SSSR count). The van der Waals surface area contributed by atoms with Crippen LogP contribution in [0.4, 0.5) is 5.69 Å². The van der Waals surface area contributed by atoms with E-state index in [4.69, 9.17) is 0 Å². The molecule has 5 heteroatoms. The van der Waals surface area contributed by atoms with E-state index in [1.807, 2.05) is 49.5 Å². The predicted octanol–water partition coefficient (Wildman–Crippen LogP) is 2.94. The van der Waals surface area contributed by atoms with Gasteiger partial charge in [-0.1, -0.05) is 42.5 Å². The molecule has 1 atom stereocenters. The lowest BCUT2D eigenvalue weighted by molar-refractivity contribution is -0.121. The van der Waals surface area contributed by atoms with Gasteiger partial charge in [-0.05, 0) is 50.6 Å². The number of carbonyl (C=O) groups excluding carboxylic acids is 2. The van der Waals surface area contributed by atoms with Gasteiger partial charge < -0.3 is 15.5 Å². The second kappa shape index (κ2) is 9.33. The van der Waals surface area contributed by atoms with E-state index in [1.54, 1.807) is 12.1 Å². The standard InChI is InChI=1S/C22H27N3O2/c1-25-15-7-10-18(16-25)21(26)24-20-12-6-5-11-19(20)22(27)23-14-13-17-8-3-2-4-9-17/h2-6,8-9,11-12,18H,7,10,13-16H2,1H3,(H,23,27)(H,24,26)/t18-/m0/s1. The van der Waals surface area contributed by atoms with Crippen LogP contribution in [-0.4, -0.2) is 43.4 Å². The van der Waals surface area contributed by atoms with Gasteiger partial charge in [0, 0.05) is 13.1 Å². The molecule has 27 heavy (non-hydrogen) atoms. The number of rotatable bonds is 6. The molecule has 1 heterocycles. The summed E-state index contributed by atoms with van der Waals surface area (Å²) in [5.41, 5.74) is 2.26. The molecule has 2 aromatic carbocycles. The summed E-state index contributed by atoms with van der Waals surface area (Å²) >= 11 is 0. The number of para-hydroxylation sites is 1. The Bertz CT molecular complexity index is 776. The van der Waals surface area contributed by atoms with Gasteiger partial charge in [0.25, 0.3) is 5.91 Å². The van der Waals surface area contributed by atoms with Crippen molar-refractivity contribution in [1.29, 1.82) is 0 Å². The summed E-state index contributed by atoms with van der Waals surface area (Å²) in [6, 6.07) is 17.2. The van der Waals surface area contributed by atoms with Crippen molar-refractivity contribution >= 4 is 17.5 Å². The highest BCUT2D eigenvalue weighted by atomic mass is 16.2. The zero-order chi connectivity index (χ0) is 19.1. The Balaban J connectivity index is 1.59. The van der Waals surface area contributed by atoms with Crippen molar-refractivity contribution in [2.24, 2.45) is 5.92 Å². The zero-order valence-electron chi connectivity index (χ0n) is 15.8. The Morgan fingerprint density at radius 2 is 1.81 bits per heavy atom. The van der Waals surface area contributed by atoms with Crippen molar-refractivity contribution in [3.05, 3.63) is 65.7 Å². The van der Waals surface area contributed by atoms with Gasteiger partial charge in [0.05, 0.1) is 17.2 Å². The minimum atomic E-state index is -0.164. The van der Waals surface area contributed by atoms with Crippen LogP contribution >= 0.6 is 0 Å². The van der Waals surface area contributed by atoms with Crippen molar-refractivity contribution in [2.45, 2.75) is 19.3 Å². The molecular weight excluding hydrogens is 338 g/mol. The van der Waals surface area contributed by atoms with Crippen LogP contribution in [0.1, 0.15) is 28.8 Å². The number of nitrogens with zero attached hydrogens (tertiary/aromatic N) is 1. The minimum Gasteiger partial charge on any atom is -0.352 e. The van der Waals surface area contributed by atoms with Gasteiger partial charge in [0.1, 0.15) is 0 Å². The van der Waals surface area contributed by atoms with E-state index in [0.717, 1.165) is 32.4 Å². The van der Waals surface area contributed by atoms with E-state index in [-0.39, 0.29) is 17.7 Å². The first-order valence-electron chi connectivity index (χ1n) is 9.54. The van der Waals surface area contributed by atoms with Crippen LogP contribution in [0.15, 0.2) is 54.6 Å². The van der Waals surface area contributed by atoms with Gasteiger partial charge in [0.2, 0.25) is 5.91 Å². The van der Waals surface area contributed by atoms with Gasteiger partial charge in [-0.25, -0.2) is 0 Å². The van der Waals surface area contributed by atoms with E-state index >= 15 is 0 Å². The van der Waals surface area contributed by atoms with Crippen LogP contribution in [0.3, 0.4) is 0 Å². The maximum Gasteiger partial charge on any atom is 0.253 e. The Labute approximate surface area is 160 Å². The van der Waals surface area contributed by atoms with Crippen LogP contribution < -0.4 is 10.6 Å². The Morgan fingerprint density at radius 1 is 1.07 bits per heavy atom. The van der Waals surface area contributed by atoms with Gasteiger partial charge in [-0.2, -0.15) is 0 Å². The van der Waals surface area contributed by atoms with Crippen molar-refractivity contribution in [2.75, 3.05) is 32.0 Å². The van der Waals surface area contributed by atoms with Crippen molar-refractivity contribution in [3.63, 3.8) is 0 Å². The van der Waals surface area contributed by atoms with Crippen LogP contribution in [0.25, 0.3) is 0 Å². The molecule has 5 nitrogen and oxygen atoms in total. The number of carbonyl (C=O) groups is 2. The molecular formula is C22H27N3O2. The molecule has 0 radical (unpaired) electrons. The number of benzene rings is 2. The normalized spacial score (nSPS) is 17.3. The number of anilines is 1. The number of hydrogen-bond acceptors (Lipinski definition) is 3. The second-order valence-corrected chi connectivity index (χ2v) is 7.13. The van der Waals surface area contributed by atoms with Crippen molar-refractivity contribution in [3.8, 4) is 0 Å². The summed E-state index contributed by atoms with van der Waals surface area (Å²) in [7, 11) is 2.04. The van der Waals surface area contributed by atoms with E-state index in [9.17, 15) is 9.59 Å². The minimum absolute atomic E-state index is 0.00825. The lowest BCUT2D eigenvalue weighted by Gasteiger charge is -2.28. The fourth-order valence-electron chi connectivity index (χ4n) is 3.47. The van der Waals surface area contributed by atoms with E-state index in [0.29, 0.717) is 17.8 Å². The summed E-state index contributed by atoms with van der Waals surface area (Å²) in [6.45, 7) is 2.35. The molecule has 142 valence electrons. The van der Waals surface area contributed by atoms with Crippen LogP contribution in [0.2, 0.25) is 0 Å². The monoisotopic (exact) mass is 365 g/mol. The molecule has 0 saturated carbocycles. The average molecular weight is 365 g/mol. The number of hydrogen-bond donors (Lipinski definition) is 2. The number of nitrogens with one attached hydrogen (secondary N) is 2. The summed E-state index contributed by atoms with van der Waals surface area (Å²) in [6.07, 6.45) is 2.69. The van der Waals surface area contributed by atoms with Crippen LogP contribution in [-0.2, 0) is 11.2 Å². The molecule has 0 spiro atoms. The molecule has 2 N–H and O–H groups in total.